The fourth-order valence-corrected chi connectivity index (χ4v) is 7.29. The molecule has 5 fully saturated rings. The second kappa shape index (κ2) is 7.10. The third-order valence-electron chi connectivity index (χ3n) is 7.38. The normalized spacial score (nSPS) is 34.6. The van der Waals surface area contributed by atoms with Gasteiger partial charge < -0.3 is 10.2 Å². The lowest BCUT2D eigenvalue weighted by molar-refractivity contribution is -0.159. The Kier molecular flexibility index (Phi) is 4.70. The third kappa shape index (κ3) is 3.47. The van der Waals surface area contributed by atoms with Gasteiger partial charge in [-0.3, -0.25) is 14.5 Å². The van der Waals surface area contributed by atoms with Crippen molar-refractivity contribution < 1.29 is 9.59 Å². The highest BCUT2D eigenvalue weighted by Gasteiger charge is 2.55. The number of hydrogen-bond acceptors (Lipinski definition) is 5. The van der Waals surface area contributed by atoms with E-state index in [0.717, 1.165) is 68.9 Å². The summed E-state index contributed by atoms with van der Waals surface area (Å²) in [4.78, 5) is 34.3. The van der Waals surface area contributed by atoms with Crippen molar-refractivity contribution in [3.05, 3.63) is 11.1 Å². The predicted molar refractivity (Wildman–Crippen MR) is 109 cm³/mol. The number of rotatable bonds is 4. The van der Waals surface area contributed by atoms with E-state index in [2.05, 4.69) is 20.1 Å². The van der Waals surface area contributed by atoms with E-state index >= 15 is 0 Å². The number of piperazine rings is 1. The van der Waals surface area contributed by atoms with Gasteiger partial charge in [0.2, 0.25) is 11.8 Å². The molecule has 4 aliphatic carbocycles. The van der Waals surface area contributed by atoms with Crippen molar-refractivity contribution in [2.45, 2.75) is 45.4 Å². The Bertz CT molecular complexity index is 733. The van der Waals surface area contributed by atoms with Crippen molar-refractivity contribution in [3.63, 3.8) is 0 Å². The Morgan fingerprint density at radius 1 is 1.11 bits per heavy atom. The topological polar surface area (TPSA) is 65.5 Å². The molecule has 0 radical (unpaired) electrons. The molecule has 2 amide bonds. The monoisotopic (exact) mass is 402 g/mol. The summed E-state index contributed by atoms with van der Waals surface area (Å²) < 4.78 is 0. The van der Waals surface area contributed by atoms with E-state index in [-0.39, 0.29) is 11.3 Å². The van der Waals surface area contributed by atoms with Crippen LogP contribution in [0.5, 0.6) is 0 Å². The molecular weight excluding hydrogens is 372 g/mol. The molecule has 6 rings (SSSR count). The fourth-order valence-electron chi connectivity index (χ4n) is 6.59. The van der Waals surface area contributed by atoms with Gasteiger partial charge in [0, 0.05) is 31.6 Å². The maximum absolute atomic E-state index is 13.4. The fraction of sp³-hybridized carbons (Fsp3) is 0.762. The summed E-state index contributed by atoms with van der Waals surface area (Å²) in [5.41, 5.74) is 0.883. The summed E-state index contributed by atoms with van der Waals surface area (Å²) in [6.45, 7) is 5.36. The first-order valence-electron chi connectivity index (χ1n) is 10.7. The van der Waals surface area contributed by atoms with Gasteiger partial charge in [-0.1, -0.05) is 0 Å². The minimum absolute atomic E-state index is 0.0183. The summed E-state index contributed by atoms with van der Waals surface area (Å²) in [7, 11) is 0. The van der Waals surface area contributed by atoms with Gasteiger partial charge in [-0.15, -0.1) is 11.3 Å². The molecule has 1 aliphatic heterocycles. The van der Waals surface area contributed by atoms with E-state index in [0.29, 0.717) is 17.6 Å². The third-order valence-corrected chi connectivity index (χ3v) is 8.26. The van der Waals surface area contributed by atoms with Crippen LogP contribution in [-0.4, -0.2) is 59.3 Å². The largest absolute Gasteiger partial charge is 0.340 e. The van der Waals surface area contributed by atoms with E-state index in [4.69, 9.17) is 0 Å². The maximum Gasteiger partial charge on any atom is 0.240 e. The summed E-state index contributed by atoms with van der Waals surface area (Å²) in [5, 5.41) is 5.48. The molecule has 1 N–H and O–H groups in total. The van der Waals surface area contributed by atoms with E-state index < -0.39 is 0 Å². The quantitative estimate of drug-likeness (QED) is 0.841. The Hall–Kier alpha value is -1.47. The van der Waals surface area contributed by atoms with Gasteiger partial charge >= 0.3 is 0 Å². The van der Waals surface area contributed by atoms with Gasteiger partial charge in [0.25, 0.3) is 0 Å². The number of aryl methyl sites for hydroxylation is 1. The number of carbonyl (C=O) groups excluding carboxylic acids is 2. The van der Waals surface area contributed by atoms with Crippen LogP contribution in [0.4, 0.5) is 5.13 Å². The zero-order valence-corrected chi connectivity index (χ0v) is 17.5. The van der Waals surface area contributed by atoms with Crippen molar-refractivity contribution in [3.8, 4) is 0 Å². The summed E-state index contributed by atoms with van der Waals surface area (Å²) >= 11 is 1.46. The van der Waals surface area contributed by atoms with Gasteiger partial charge in [0.1, 0.15) is 0 Å². The molecule has 0 atom stereocenters. The smallest absolute Gasteiger partial charge is 0.240 e. The summed E-state index contributed by atoms with van der Waals surface area (Å²) in [6, 6.07) is 0. The number of hydrogen-bond donors (Lipinski definition) is 1. The second-order valence-corrected chi connectivity index (χ2v) is 10.5. The van der Waals surface area contributed by atoms with Gasteiger partial charge in [0.05, 0.1) is 17.7 Å². The first-order chi connectivity index (χ1) is 13.5. The highest BCUT2D eigenvalue weighted by atomic mass is 32.1. The molecule has 6 nitrogen and oxygen atoms in total. The lowest BCUT2D eigenvalue weighted by Crippen LogP contribution is -2.58. The van der Waals surface area contributed by atoms with Crippen LogP contribution in [0, 0.1) is 30.1 Å². The number of nitrogens with zero attached hydrogens (tertiary/aromatic N) is 3. The van der Waals surface area contributed by atoms with Crippen molar-refractivity contribution in [1.29, 1.82) is 0 Å². The van der Waals surface area contributed by atoms with Crippen LogP contribution >= 0.6 is 11.3 Å². The first-order valence-corrected chi connectivity index (χ1v) is 11.6. The number of carbonyl (C=O) groups is 2. The molecule has 1 saturated heterocycles. The Balaban J connectivity index is 1.14. The molecule has 2 heterocycles. The molecule has 28 heavy (non-hydrogen) atoms. The van der Waals surface area contributed by atoms with Gasteiger partial charge in [-0.05, 0) is 63.2 Å². The highest BCUT2D eigenvalue weighted by molar-refractivity contribution is 7.13. The van der Waals surface area contributed by atoms with Gasteiger partial charge in [-0.2, -0.15) is 0 Å². The molecule has 1 aromatic heterocycles. The lowest BCUT2D eigenvalue weighted by atomic mass is 9.49. The Morgan fingerprint density at radius 2 is 1.71 bits per heavy atom. The maximum atomic E-state index is 13.4. The standard InChI is InChI=1S/C21H30N4O2S/c1-14-13-28-20(22-14)23-18(26)12-24-2-4-25(5-3-24)19(27)21-9-15-6-16(10-21)8-17(7-15)11-21/h13,15-17H,2-12H2,1H3,(H,22,23,26). The Morgan fingerprint density at radius 3 is 2.25 bits per heavy atom. The van der Waals surface area contributed by atoms with Crippen LogP contribution in [0.3, 0.4) is 0 Å². The van der Waals surface area contributed by atoms with Crippen LogP contribution in [0.2, 0.25) is 0 Å². The van der Waals surface area contributed by atoms with E-state index in [1.807, 2.05) is 12.3 Å². The number of anilines is 1. The van der Waals surface area contributed by atoms with Crippen LogP contribution in [-0.2, 0) is 9.59 Å². The lowest BCUT2D eigenvalue weighted by Gasteiger charge is -2.57. The highest BCUT2D eigenvalue weighted by Crippen LogP contribution is 2.60. The molecule has 1 aromatic rings. The second-order valence-electron chi connectivity index (χ2n) is 9.61. The van der Waals surface area contributed by atoms with Gasteiger partial charge in [-0.25, -0.2) is 4.98 Å². The zero-order chi connectivity index (χ0) is 19.3. The van der Waals surface area contributed by atoms with Crippen molar-refractivity contribution in [1.82, 2.24) is 14.8 Å². The minimum Gasteiger partial charge on any atom is -0.340 e. The summed E-state index contributed by atoms with van der Waals surface area (Å²) in [5.74, 6) is 2.81. The molecule has 0 spiro atoms. The van der Waals surface area contributed by atoms with Crippen molar-refractivity contribution in [2.75, 3.05) is 38.0 Å². The van der Waals surface area contributed by atoms with Crippen LogP contribution in [0.25, 0.3) is 0 Å². The SMILES string of the molecule is Cc1csc(NC(=O)CN2CCN(C(=O)C34CC5CC(CC(C5)C3)C4)CC2)n1. The molecular formula is C21H30N4O2S. The molecule has 5 aliphatic rings. The summed E-state index contributed by atoms with van der Waals surface area (Å²) in [6.07, 6.45) is 7.51. The van der Waals surface area contributed by atoms with E-state index in [1.54, 1.807) is 0 Å². The molecule has 7 heteroatoms. The number of thiazole rings is 1. The molecule has 0 aromatic carbocycles. The predicted octanol–water partition coefficient (Wildman–Crippen LogP) is 2.75. The van der Waals surface area contributed by atoms with Crippen molar-refractivity contribution in [2.24, 2.45) is 23.2 Å². The zero-order valence-electron chi connectivity index (χ0n) is 16.7. The first kappa shape index (κ1) is 18.6. The van der Waals surface area contributed by atoms with Crippen LogP contribution in [0.15, 0.2) is 5.38 Å². The van der Waals surface area contributed by atoms with Crippen molar-refractivity contribution >= 4 is 28.3 Å². The van der Waals surface area contributed by atoms with Crippen LogP contribution < -0.4 is 5.32 Å². The van der Waals surface area contributed by atoms with Crippen LogP contribution in [0.1, 0.15) is 44.2 Å². The molecule has 152 valence electrons. The molecule has 4 bridgehead atoms. The average molecular weight is 403 g/mol. The van der Waals surface area contributed by atoms with E-state index in [1.165, 1.54) is 30.6 Å². The molecule has 0 unspecified atom stereocenters. The number of nitrogens with one attached hydrogen (secondary N) is 1. The average Bonchev–Trinajstić information content (AvgIpc) is 3.05. The molecule has 4 saturated carbocycles. The Labute approximate surface area is 170 Å². The minimum atomic E-state index is -0.0446. The number of amides is 2. The van der Waals surface area contributed by atoms with Gasteiger partial charge in [0.15, 0.2) is 5.13 Å². The number of aromatic nitrogens is 1. The van der Waals surface area contributed by atoms with E-state index in [9.17, 15) is 9.59 Å².